The van der Waals surface area contributed by atoms with E-state index in [1.54, 1.807) is 0 Å². The summed E-state index contributed by atoms with van der Waals surface area (Å²) >= 11 is 6.66. The quantitative estimate of drug-likeness (QED) is 0.192. The second-order valence-corrected chi connectivity index (χ2v) is 8.27. The molecule has 0 atom stereocenters. The van der Waals surface area contributed by atoms with Crippen LogP contribution in [0.2, 0.25) is 0 Å². The summed E-state index contributed by atoms with van der Waals surface area (Å²) in [6.07, 6.45) is 0. The maximum Gasteiger partial charge on any atom is 0.340 e. The molecule has 3 nitrogen and oxygen atoms in total. The summed E-state index contributed by atoms with van der Waals surface area (Å²) in [4.78, 5) is 12.3. The molecule has 118 valence electrons. The minimum Gasteiger partial charge on any atom is -0.456 e. The van der Waals surface area contributed by atoms with Crippen molar-refractivity contribution in [3.63, 3.8) is 0 Å². The van der Waals surface area contributed by atoms with Gasteiger partial charge < -0.3 is 9.22 Å². The zero-order chi connectivity index (χ0) is 16.0. The molecule has 0 saturated carbocycles. The van der Waals surface area contributed by atoms with E-state index < -0.39 is 0 Å². The Morgan fingerprint density at radius 2 is 1.57 bits per heavy atom. The Morgan fingerprint density at radius 1 is 1.05 bits per heavy atom. The molecule has 0 unspecified atom stereocenters. The molecule has 0 aromatic heterocycles. The van der Waals surface area contributed by atoms with Crippen LogP contribution in [0, 0.1) is 10.7 Å². The molecule has 6 heteroatoms. The Morgan fingerprint density at radius 3 is 2.10 bits per heavy atom. The number of nitrogens with zero attached hydrogens (tertiary/aromatic N) is 1. The van der Waals surface area contributed by atoms with E-state index in [1.165, 1.54) is 0 Å². The van der Waals surface area contributed by atoms with Crippen LogP contribution >= 0.6 is 67.8 Å². The minimum absolute atomic E-state index is 0.205. The van der Waals surface area contributed by atoms with E-state index in [-0.39, 0.29) is 5.97 Å². The number of esters is 1. The zero-order valence-electron chi connectivity index (χ0n) is 12.6. The van der Waals surface area contributed by atoms with Crippen LogP contribution < -0.4 is 0 Å². The van der Waals surface area contributed by atoms with E-state index in [4.69, 9.17) is 4.74 Å². The van der Waals surface area contributed by atoms with Gasteiger partial charge in [0.15, 0.2) is 0 Å². The van der Waals surface area contributed by atoms with Crippen LogP contribution in [0.1, 0.15) is 31.1 Å². The topological polar surface area (TPSA) is 26.3 Å². The van der Waals surface area contributed by atoms with Gasteiger partial charge in [0.25, 0.3) is 0 Å². The maximum atomic E-state index is 12.3. The van der Waals surface area contributed by atoms with E-state index in [2.05, 4.69) is 88.5 Å². The van der Waals surface area contributed by atoms with Gasteiger partial charge in [-0.05, 0) is 101 Å². The van der Waals surface area contributed by atoms with Crippen molar-refractivity contribution in [2.45, 2.75) is 20.8 Å². The highest BCUT2D eigenvalue weighted by atomic mass is 127. The van der Waals surface area contributed by atoms with E-state index >= 15 is 0 Å². The standard InChI is InChI=1S/C15H21I3NO2/c1-4-19(5-2,6-3)9-10-21-15(20)13-11(16)7-8-12(17)14(13)18/h7-8H,4-6,9-10H2,1-3H3/q+1. The molecule has 1 aromatic carbocycles. The number of likely N-dealkylation sites (N-methyl/N-ethyl adjacent to an activating group) is 1. The first-order valence-electron chi connectivity index (χ1n) is 7.06. The lowest BCUT2D eigenvalue weighted by atomic mass is 10.2. The SMILES string of the molecule is CC[N+](CC)(CC)CCOC(=O)c1c(I)ccc(I)c1I. The Labute approximate surface area is 168 Å². The van der Waals surface area contributed by atoms with Gasteiger partial charge >= 0.3 is 5.97 Å². The zero-order valence-corrected chi connectivity index (χ0v) is 19.1. The van der Waals surface area contributed by atoms with Gasteiger partial charge in [-0.25, -0.2) is 4.79 Å². The molecule has 0 heterocycles. The predicted octanol–water partition coefficient (Wildman–Crippen LogP) is 4.53. The summed E-state index contributed by atoms with van der Waals surface area (Å²) < 4.78 is 9.54. The smallest absolute Gasteiger partial charge is 0.340 e. The molecule has 0 aliphatic rings. The fraction of sp³-hybridized carbons (Fsp3) is 0.533. The highest BCUT2D eigenvalue weighted by Gasteiger charge is 2.23. The summed E-state index contributed by atoms with van der Waals surface area (Å²) in [5.41, 5.74) is 0.700. The lowest BCUT2D eigenvalue weighted by Crippen LogP contribution is -2.49. The van der Waals surface area contributed by atoms with Gasteiger partial charge in [0.1, 0.15) is 13.2 Å². The molecular weight excluding hydrogens is 607 g/mol. The Balaban J connectivity index is 2.73. The van der Waals surface area contributed by atoms with Crippen molar-refractivity contribution in [2.24, 2.45) is 0 Å². The normalized spacial score (nSPS) is 11.5. The molecule has 0 N–H and O–H groups in total. The van der Waals surface area contributed by atoms with Gasteiger partial charge in [-0.3, -0.25) is 0 Å². The maximum absolute atomic E-state index is 12.3. The third-order valence-electron chi connectivity index (χ3n) is 4.06. The minimum atomic E-state index is -0.205. The molecule has 0 fully saturated rings. The Hall–Kier alpha value is 0.840. The number of benzene rings is 1. The van der Waals surface area contributed by atoms with Crippen molar-refractivity contribution in [3.8, 4) is 0 Å². The summed E-state index contributed by atoms with van der Waals surface area (Å²) in [6.45, 7) is 11.2. The van der Waals surface area contributed by atoms with Crippen molar-refractivity contribution >= 4 is 73.7 Å². The highest BCUT2D eigenvalue weighted by Crippen LogP contribution is 2.25. The number of quaternary nitrogens is 1. The van der Waals surface area contributed by atoms with Crippen LogP contribution in [-0.2, 0) is 4.74 Å². The van der Waals surface area contributed by atoms with Crippen LogP contribution in [0.5, 0.6) is 0 Å². The fourth-order valence-corrected chi connectivity index (χ4v) is 4.59. The third-order valence-corrected chi connectivity index (χ3v) is 8.01. The van der Waals surface area contributed by atoms with Crippen molar-refractivity contribution in [2.75, 3.05) is 32.8 Å². The Kier molecular flexibility index (Phi) is 8.72. The fourth-order valence-electron chi connectivity index (χ4n) is 2.26. The monoisotopic (exact) mass is 628 g/mol. The second-order valence-electron chi connectivity index (χ2n) is 4.87. The second kappa shape index (κ2) is 9.21. The predicted molar refractivity (Wildman–Crippen MR) is 112 cm³/mol. The highest BCUT2D eigenvalue weighted by molar-refractivity contribution is 14.1. The van der Waals surface area contributed by atoms with Crippen molar-refractivity contribution < 1.29 is 14.0 Å². The molecule has 0 amide bonds. The number of rotatable bonds is 7. The van der Waals surface area contributed by atoms with Gasteiger partial charge in [-0.15, -0.1) is 0 Å². The molecule has 0 aliphatic heterocycles. The van der Waals surface area contributed by atoms with Gasteiger partial charge in [-0.1, -0.05) is 0 Å². The molecule has 0 saturated heterocycles. The molecular formula is C15H21I3NO2+. The number of carbonyl (C=O) groups excluding carboxylic acids is 1. The number of carbonyl (C=O) groups is 1. The first-order valence-corrected chi connectivity index (χ1v) is 10.3. The van der Waals surface area contributed by atoms with Gasteiger partial charge in [-0.2, -0.15) is 0 Å². The molecule has 21 heavy (non-hydrogen) atoms. The largest absolute Gasteiger partial charge is 0.456 e. The van der Waals surface area contributed by atoms with Crippen LogP contribution in [0.15, 0.2) is 12.1 Å². The first kappa shape index (κ1) is 19.9. The van der Waals surface area contributed by atoms with Crippen LogP contribution in [0.25, 0.3) is 0 Å². The summed E-state index contributed by atoms with van der Waals surface area (Å²) in [5.74, 6) is -0.205. The van der Waals surface area contributed by atoms with Gasteiger partial charge in [0, 0.05) is 10.7 Å². The number of ether oxygens (including phenoxy) is 1. The van der Waals surface area contributed by atoms with E-state index in [0.29, 0.717) is 12.2 Å². The molecule has 0 aliphatic carbocycles. The average molecular weight is 628 g/mol. The van der Waals surface area contributed by atoms with Crippen molar-refractivity contribution in [3.05, 3.63) is 28.4 Å². The van der Waals surface area contributed by atoms with Gasteiger partial charge in [0.05, 0.1) is 25.2 Å². The lowest BCUT2D eigenvalue weighted by molar-refractivity contribution is -0.923. The number of halogens is 3. The summed E-state index contributed by atoms with van der Waals surface area (Å²) in [7, 11) is 0. The lowest BCUT2D eigenvalue weighted by Gasteiger charge is -2.35. The van der Waals surface area contributed by atoms with Crippen LogP contribution in [0.4, 0.5) is 0 Å². The van der Waals surface area contributed by atoms with Crippen molar-refractivity contribution in [1.29, 1.82) is 0 Å². The average Bonchev–Trinajstić information content (AvgIpc) is 2.48. The summed E-state index contributed by atoms with van der Waals surface area (Å²) in [6, 6.07) is 3.99. The van der Waals surface area contributed by atoms with E-state index in [1.807, 2.05) is 12.1 Å². The number of hydrogen-bond donors (Lipinski definition) is 0. The van der Waals surface area contributed by atoms with Gasteiger partial charge in [0.2, 0.25) is 0 Å². The van der Waals surface area contributed by atoms with Crippen LogP contribution in [-0.4, -0.2) is 43.2 Å². The molecule has 1 rings (SSSR count). The van der Waals surface area contributed by atoms with E-state index in [9.17, 15) is 4.79 Å². The molecule has 0 bridgehead atoms. The Bertz CT molecular complexity index is 494. The van der Waals surface area contributed by atoms with Crippen molar-refractivity contribution in [1.82, 2.24) is 0 Å². The van der Waals surface area contributed by atoms with E-state index in [0.717, 1.165) is 41.4 Å². The van der Waals surface area contributed by atoms with Crippen LogP contribution in [0.3, 0.4) is 0 Å². The molecule has 1 aromatic rings. The first-order chi connectivity index (χ1) is 9.90. The number of hydrogen-bond acceptors (Lipinski definition) is 2. The third kappa shape index (κ3) is 5.17. The molecule has 0 radical (unpaired) electrons. The molecule has 0 spiro atoms. The summed E-state index contributed by atoms with van der Waals surface area (Å²) in [5, 5.41) is 0.